The Morgan fingerprint density at radius 1 is 1.41 bits per heavy atom. The van der Waals surface area contributed by atoms with Crippen LogP contribution < -0.4 is 10.6 Å². The first-order valence-electron chi connectivity index (χ1n) is 9.20. The Hall–Kier alpha value is -2.67. The normalized spacial score (nSPS) is 20.3. The van der Waals surface area contributed by atoms with E-state index in [1.807, 2.05) is 19.9 Å². The Morgan fingerprint density at radius 2 is 2.17 bits per heavy atom. The minimum atomic E-state index is -4.45. The first-order chi connectivity index (χ1) is 13.7. The van der Waals surface area contributed by atoms with Crippen LogP contribution in [-0.2, 0) is 12.7 Å². The molecule has 2 aromatic rings. The molecule has 0 saturated heterocycles. The van der Waals surface area contributed by atoms with Gasteiger partial charge in [-0.15, -0.1) is 0 Å². The molecule has 0 spiro atoms. The summed E-state index contributed by atoms with van der Waals surface area (Å²) in [5.41, 5.74) is -0.570. The molecular formula is C19H21BF3N5O. The Morgan fingerprint density at radius 3 is 2.79 bits per heavy atom. The average molecular weight is 403 g/mol. The van der Waals surface area contributed by atoms with Crippen LogP contribution in [0.4, 0.5) is 24.9 Å². The number of halogens is 3. The van der Waals surface area contributed by atoms with Crippen LogP contribution in [0.2, 0.25) is 0 Å². The third kappa shape index (κ3) is 4.35. The van der Waals surface area contributed by atoms with E-state index in [4.69, 9.17) is 0 Å². The summed E-state index contributed by atoms with van der Waals surface area (Å²) < 4.78 is 39.4. The quantitative estimate of drug-likeness (QED) is 0.686. The van der Waals surface area contributed by atoms with Crippen LogP contribution in [0.15, 0.2) is 24.2 Å². The predicted molar refractivity (Wildman–Crippen MR) is 103 cm³/mol. The van der Waals surface area contributed by atoms with E-state index in [0.717, 1.165) is 12.5 Å². The number of rotatable bonds is 6. The molecule has 152 valence electrons. The maximum atomic E-state index is 13.1. The second-order valence-electron chi connectivity index (χ2n) is 7.71. The van der Waals surface area contributed by atoms with Crippen LogP contribution >= 0.6 is 0 Å². The third-order valence-corrected chi connectivity index (χ3v) is 5.67. The Bertz CT molecular complexity index is 929. The summed E-state index contributed by atoms with van der Waals surface area (Å²) >= 11 is 0. The molecule has 0 unspecified atom stereocenters. The van der Waals surface area contributed by atoms with Crippen LogP contribution in [0.5, 0.6) is 0 Å². The van der Waals surface area contributed by atoms with Gasteiger partial charge in [0.1, 0.15) is 0 Å². The van der Waals surface area contributed by atoms with Crippen LogP contribution in [-0.4, -0.2) is 34.6 Å². The van der Waals surface area contributed by atoms with Crippen molar-refractivity contribution in [2.24, 2.45) is 11.3 Å². The molecular weight excluding hydrogens is 382 g/mol. The number of aliphatic hydroxyl groups is 1. The summed E-state index contributed by atoms with van der Waals surface area (Å²) in [5, 5.41) is 24.8. The molecule has 1 aliphatic carbocycles. The van der Waals surface area contributed by atoms with Gasteiger partial charge in [0.2, 0.25) is 0 Å². The second kappa shape index (κ2) is 7.99. The van der Waals surface area contributed by atoms with Crippen LogP contribution in [0.1, 0.15) is 37.0 Å². The van der Waals surface area contributed by atoms with Crippen molar-refractivity contribution in [2.45, 2.75) is 39.0 Å². The standard InChI is InChI=1S/C19H21BF3N5O/c1-18(2)13(10-29)5-15(18)27-16-12(7-24)9-26-17(28-16)25-8-11-6-20-4-3-14(11)19(21,22)23/h3-4,6,9,13,15,29H,5,8,10H2,1-2H3,(H2,25,26,27,28)/t13-,15-/m1/s1. The van der Waals surface area contributed by atoms with Gasteiger partial charge in [0.05, 0.1) is 0 Å². The van der Waals surface area contributed by atoms with Crippen LogP contribution in [0.25, 0.3) is 0 Å². The van der Waals surface area contributed by atoms with Crippen molar-refractivity contribution in [3.8, 4) is 6.07 Å². The summed E-state index contributed by atoms with van der Waals surface area (Å²) in [7, 11) is 0. The summed E-state index contributed by atoms with van der Waals surface area (Å²) in [4.78, 5) is 8.32. The van der Waals surface area contributed by atoms with Gasteiger partial charge in [0, 0.05) is 0 Å². The topological polar surface area (TPSA) is 93.9 Å². The second-order valence-corrected chi connectivity index (χ2v) is 7.71. The van der Waals surface area contributed by atoms with Crippen molar-refractivity contribution in [3.63, 3.8) is 0 Å². The fourth-order valence-electron chi connectivity index (χ4n) is 3.52. The van der Waals surface area contributed by atoms with Crippen LogP contribution in [0, 0.1) is 22.7 Å². The fourth-order valence-corrected chi connectivity index (χ4v) is 3.52. The number of alkyl halides is 3. The molecule has 0 aromatic carbocycles. The molecule has 10 heteroatoms. The molecule has 6 nitrogen and oxygen atoms in total. The van der Waals surface area contributed by atoms with Gasteiger partial charge < -0.3 is 5.11 Å². The number of hydrogen-bond acceptors (Lipinski definition) is 6. The molecule has 1 saturated carbocycles. The summed E-state index contributed by atoms with van der Waals surface area (Å²) in [6.07, 6.45) is -2.38. The zero-order valence-electron chi connectivity index (χ0n) is 16.1. The summed E-state index contributed by atoms with van der Waals surface area (Å²) in [6, 6.07) is 3.06. The molecule has 29 heavy (non-hydrogen) atoms. The number of nitrogens with zero attached hydrogens (tertiary/aromatic N) is 3. The van der Waals surface area contributed by atoms with Crippen molar-refractivity contribution in [2.75, 3.05) is 17.2 Å². The van der Waals surface area contributed by atoms with Gasteiger partial charge in [0.15, 0.2) is 0 Å². The van der Waals surface area contributed by atoms with Gasteiger partial charge in [0.25, 0.3) is 0 Å². The molecule has 2 heterocycles. The molecule has 0 aliphatic heterocycles. The van der Waals surface area contributed by atoms with Gasteiger partial charge >= 0.3 is 162 Å². The van der Waals surface area contributed by atoms with Gasteiger partial charge in [-0.05, 0) is 0 Å². The first-order valence-corrected chi connectivity index (χ1v) is 9.20. The number of aromatic nitrogens is 2. The van der Waals surface area contributed by atoms with E-state index in [0.29, 0.717) is 5.82 Å². The van der Waals surface area contributed by atoms with Crippen LogP contribution in [0.3, 0.4) is 0 Å². The fraction of sp³-hybridized carbons (Fsp3) is 0.474. The summed E-state index contributed by atoms with van der Waals surface area (Å²) in [6.45, 7) is 5.56. The number of hydrogen-bond donors (Lipinski definition) is 3. The van der Waals surface area contributed by atoms with E-state index in [-0.39, 0.29) is 47.6 Å². The summed E-state index contributed by atoms with van der Waals surface area (Å²) in [5.74, 6) is 3.34. The molecule has 1 aliphatic rings. The monoisotopic (exact) mass is 403 g/mol. The van der Waals surface area contributed by atoms with Crippen molar-refractivity contribution in [3.05, 3.63) is 40.9 Å². The molecule has 0 bridgehead atoms. The maximum absolute atomic E-state index is 13.1. The van der Waals surface area contributed by atoms with E-state index in [2.05, 4.69) is 20.6 Å². The zero-order chi connectivity index (χ0) is 21.2. The predicted octanol–water partition coefficient (Wildman–Crippen LogP) is 3.14. The molecule has 3 rings (SSSR count). The van der Waals surface area contributed by atoms with Gasteiger partial charge in [-0.25, -0.2) is 0 Å². The van der Waals surface area contributed by atoms with E-state index < -0.39 is 11.7 Å². The molecule has 0 amide bonds. The molecule has 0 radical (unpaired) electrons. The number of nitrogens with one attached hydrogen (secondary N) is 2. The van der Waals surface area contributed by atoms with Gasteiger partial charge in [-0.2, -0.15) is 0 Å². The Kier molecular flexibility index (Phi) is 5.80. The first kappa shape index (κ1) is 21.1. The van der Waals surface area contributed by atoms with Gasteiger partial charge in [-0.1, -0.05) is 0 Å². The molecule has 2 aromatic heterocycles. The SMILES string of the molecule is CC1(C)[C@@H](CO)C[C@H]1Nc1nc(NCc2cbccc2C(F)(F)F)ncc1C#N. The third-order valence-electron chi connectivity index (χ3n) is 5.67. The van der Waals surface area contributed by atoms with Gasteiger partial charge in [-0.3, -0.25) is 0 Å². The van der Waals surface area contributed by atoms with Crippen molar-refractivity contribution in [1.82, 2.24) is 9.97 Å². The Balaban J connectivity index is 1.76. The zero-order valence-corrected chi connectivity index (χ0v) is 16.1. The average Bonchev–Trinajstić information content (AvgIpc) is 2.68. The van der Waals surface area contributed by atoms with E-state index in [1.165, 1.54) is 25.0 Å². The number of nitriles is 1. The number of anilines is 2. The van der Waals surface area contributed by atoms with E-state index >= 15 is 0 Å². The van der Waals surface area contributed by atoms with Crippen molar-refractivity contribution >= 4 is 18.7 Å². The minimum absolute atomic E-state index is 0.0143. The number of aliphatic hydroxyl groups excluding tert-OH is 1. The van der Waals surface area contributed by atoms with Crippen molar-refractivity contribution in [1.29, 1.82) is 5.26 Å². The molecule has 3 N–H and O–H groups in total. The van der Waals surface area contributed by atoms with Crippen molar-refractivity contribution < 1.29 is 18.3 Å². The van der Waals surface area contributed by atoms with E-state index in [1.54, 1.807) is 0 Å². The Labute approximate surface area is 167 Å². The molecule has 2 atom stereocenters. The van der Waals surface area contributed by atoms with E-state index in [9.17, 15) is 23.5 Å². The molecule has 1 fully saturated rings.